The largest absolute Gasteiger partial charge is 0.480 e. The number of nitrogens with two attached hydrogens (primary N) is 1. The van der Waals surface area contributed by atoms with Crippen LogP contribution in [0.4, 0.5) is 0 Å². The molecule has 1 saturated heterocycles. The summed E-state index contributed by atoms with van der Waals surface area (Å²) < 4.78 is 0. The maximum absolute atomic E-state index is 11.0. The van der Waals surface area contributed by atoms with Gasteiger partial charge in [0.25, 0.3) is 0 Å². The van der Waals surface area contributed by atoms with Crippen molar-refractivity contribution in [3.8, 4) is 0 Å². The van der Waals surface area contributed by atoms with Crippen LogP contribution in [0.5, 0.6) is 0 Å². The van der Waals surface area contributed by atoms with Gasteiger partial charge in [-0.1, -0.05) is 12.8 Å². The van der Waals surface area contributed by atoms with Crippen molar-refractivity contribution >= 4 is 5.97 Å². The van der Waals surface area contributed by atoms with E-state index in [1.807, 2.05) is 0 Å². The van der Waals surface area contributed by atoms with Crippen molar-refractivity contribution < 1.29 is 9.90 Å². The number of carboxylic acids is 1. The smallest absolute Gasteiger partial charge is 0.320 e. The van der Waals surface area contributed by atoms with Crippen LogP contribution in [0.3, 0.4) is 0 Å². The molecule has 2 aliphatic rings. The summed E-state index contributed by atoms with van der Waals surface area (Å²) in [6, 6.07) is -0.284. The summed E-state index contributed by atoms with van der Waals surface area (Å²) in [6.07, 6.45) is 5.75. The van der Waals surface area contributed by atoms with Gasteiger partial charge in [-0.05, 0) is 25.2 Å². The fourth-order valence-corrected chi connectivity index (χ4v) is 2.92. The van der Waals surface area contributed by atoms with Crippen LogP contribution in [-0.2, 0) is 4.79 Å². The summed E-state index contributed by atoms with van der Waals surface area (Å²) in [5, 5.41) is 9.08. The second kappa shape index (κ2) is 4.49. The lowest BCUT2D eigenvalue weighted by Gasteiger charge is -2.24. The van der Waals surface area contributed by atoms with Crippen LogP contribution >= 0.6 is 0 Å². The van der Waals surface area contributed by atoms with E-state index in [0.717, 1.165) is 13.1 Å². The molecule has 1 aliphatic carbocycles. The van der Waals surface area contributed by atoms with Gasteiger partial charge in [0, 0.05) is 19.1 Å². The Bertz CT molecular complexity index is 239. The summed E-state index contributed by atoms with van der Waals surface area (Å²) in [4.78, 5) is 13.1. The van der Waals surface area contributed by atoms with Crippen LogP contribution in [0.15, 0.2) is 0 Å². The first-order valence-corrected chi connectivity index (χ1v) is 5.89. The van der Waals surface area contributed by atoms with Gasteiger partial charge in [-0.2, -0.15) is 0 Å². The SMILES string of the molecule is NC1CC(C(=O)O)N(CC2CCCC2)C1. The minimum absolute atomic E-state index is 0.0486. The monoisotopic (exact) mass is 212 g/mol. The van der Waals surface area contributed by atoms with E-state index < -0.39 is 5.97 Å². The molecule has 0 spiro atoms. The minimum Gasteiger partial charge on any atom is -0.480 e. The molecule has 0 aromatic heterocycles. The molecule has 2 atom stereocenters. The Morgan fingerprint density at radius 3 is 2.67 bits per heavy atom. The molecule has 0 aromatic carbocycles. The van der Waals surface area contributed by atoms with Crippen molar-refractivity contribution in [1.82, 2.24) is 4.90 Å². The maximum Gasteiger partial charge on any atom is 0.320 e. The zero-order valence-electron chi connectivity index (χ0n) is 9.06. The Hall–Kier alpha value is -0.610. The van der Waals surface area contributed by atoms with Crippen LogP contribution in [0.1, 0.15) is 32.1 Å². The third kappa shape index (κ3) is 2.49. The highest BCUT2D eigenvalue weighted by atomic mass is 16.4. The number of carbonyl (C=O) groups is 1. The zero-order valence-corrected chi connectivity index (χ0v) is 9.06. The number of aliphatic carboxylic acids is 1. The number of likely N-dealkylation sites (tertiary alicyclic amines) is 1. The molecule has 4 heteroatoms. The Morgan fingerprint density at radius 2 is 2.07 bits per heavy atom. The first-order valence-electron chi connectivity index (χ1n) is 5.89. The molecule has 2 fully saturated rings. The van der Waals surface area contributed by atoms with Gasteiger partial charge in [-0.15, -0.1) is 0 Å². The van der Waals surface area contributed by atoms with Crippen molar-refractivity contribution in [1.29, 1.82) is 0 Å². The molecule has 0 aromatic rings. The van der Waals surface area contributed by atoms with E-state index in [0.29, 0.717) is 12.3 Å². The van der Waals surface area contributed by atoms with Gasteiger partial charge in [-0.3, -0.25) is 9.69 Å². The van der Waals surface area contributed by atoms with Gasteiger partial charge in [-0.25, -0.2) is 0 Å². The first kappa shape index (κ1) is 10.9. The Balaban J connectivity index is 1.91. The highest BCUT2D eigenvalue weighted by Crippen LogP contribution is 2.28. The van der Waals surface area contributed by atoms with Crippen molar-refractivity contribution in [3.63, 3.8) is 0 Å². The van der Waals surface area contributed by atoms with Gasteiger partial charge in [0.05, 0.1) is 0 Å². The van der Waals surface area contributed by atoms with E-state index in [9.17, 15) is 4.79 Å². The Labute approximate surface area is 90.4 Å². The second-order valence-corrected chi connectivity index (χ2v) is 4.95. The third-order valence-electron chi connectivity index (χ3n) is 3.69. The molecule has 0 radical (unpaired) electrons. The predicted octanol–water partition coefficient (Wildman–Crippen LogP) is 0.663. The van der Waals surface area contributed by atoms with E-state index in [1.165, 1.54) is 25.7 Å². The number of rotatable bonds is 3. The standard InChI is InChI=1S/C11H20N2O2/c12-9-5-10(11(14)15)13(7-9)6-8-3-1-2-4-8/h8-10H,1-7,12H2,(H,14,15). The first-order chi connectivity index (χ1) is 7.16. The fraction of sp³-hybridized carbons (Fsp3) is 0.909. The maximum atomic E-state index is 11.0. The molecule has 86 valence electrons. The topological polar surface area (TPSA) is 66.6 Å². The lowest BCUT2D eigenvalue weighted by atomic mass is 10.1. The molecule has 4 nitrogen and oxygen atoms in total. The van der Waals surface area contributed by atoms with Crippen LogP contribution in [-0.4, -0.2) is 41.1 Å². The van der Waals surface area contributed by atoms with Crippen LogP contribution in [0.2, 0.25) is 0 Å². The predicted molar refractivity (Wildman–Crippen MR) is 57.5 cm³/mol. The molecule has 0 bridgehead atoms. The van der Waals surface area contributed by atoms with Gasteiger partial charge >= 0.3 is 5.97 Å². The summed E-state index contributed by atoms with van der Waals surface area (Å²) in [5.74, 6) is -0.00176. The Kier molecular flexibility index (Phi) is 3.26. The Morgan fingerprint density at radius 1 is 1.40 bits per heavy atom. The molecule has 15 heavy (non-hydrogen) atoms. The molecule has 2 rings (SSSR count). The molecule has 1 heterocycles. The minimum atomic E-state index is -0.707. The molecule has 1 saturated carbocycles. The van der Waals surface area contributed by atoms with E-state index in [1.54, 1.807) is 0 Å². The van der Waals surface area contributed by atoms with Crippen LogP contribution in [0, 0.1) is 5.92 Å². The zero-order chi connectivity index (χ0) is 10.8. The van der Waals surface area contributed by atoms with E-state index in [2.05, 4.69) is 4.90 Å². The van der Waals surface area contributed by atoms with Gasteiger partial charge in [0.15, 0.2) is 0 Å². The molecular formula is C11H20N2O2. The summed E-state index contributed by atoms with van der Waals surface area (Å²) in [6.45, 7) is 1.69. The quantitative estimate of drug-likeness (QED) is 0.721. The van der Waals surface area contributed by atoms with Gasteiger partial charge in [0.1, 0.15) is 6.04 Å². The normalized spacial score (nSPS) is 33.7. The number of hydrogen-bond acceptors (Lipinski definition) is 3. The van der Waals surface area contributed by atoms with Crippen LogP contribution in [0.25, 0.3) is 0 Å². The third-order valence-corrected chi connectivity index (χ3v) is 3.69. The second-order valence-electron chi connectivity index (χ2n) is 4.95. The molecule has 3 N–H and O–H groups in total. The van der Waals surface area contributed by atoms with E-state index in [4.69, 9.17) is 10.8 Å². The summed E-state index contributed by atoms with van der Waals surface area (Å²) in [5.41, 5.74) is 5.82. The van der Waals surface area contributed by atoms with Gasteiger partial charge in [0.2, 0.25) is 0 Å². The molecule has 0 amide bonds. The van der Waals surface area contributed by atoms with Crippen molar-refractivity contribution in [3.05, 3.63) is 0 Å². The van der Waals surface area contributed by atoms with Crippen LogP contribution < -0.4 is 5.73 Å². The average Bonchev–Trinajstić information content (AvgIpc) is 2.75. The summed E-state index contributed by atoms with van der Waals surface area (Å²) >= 11 is 0. The van der Waals surface area contributed by atoms with E-state index >= 15 is 0 Å². The lowest BCUT2D eigenvalue weighted by molar-refractivity contribution is -0.142. The average molecular weight is 212 g/mol. The fourth-order valence-electron chi connectivity index (χ4n) is 2.92. The summed E-state index contributed by atoms with van der Waals surface area (Å²) in [7, 11) is 0. The van der Waals surface area contributed by atoms with Crippen molar-refractivity contribution in [2.45, 2.75) is 44.2 Å². The van der Waals surface area contributed by atoms with Crippen molar-refractivity contribution in [2.75, 3.05) is 13.1 Å². The van der Waals surface area contributed by atoms with E-state index in [-0.39, 0.29) is 12.1 Å². The number of nitrogens with zero attached hydrogens (tertiary/aromatic N) is 1. The van der Waals surface area contributed by atoms with Gasteiger partial charge < -0.3 is 10.8 Å². The highest BCUT2D eigenvalue weighted by molar-refractivity contribution is 5.74. The highest BCUT2D eigenvalue weighted by Gasteiger charge is 2.36. The molecule has 1 aliphatic heterocycles. The van der Waals surface area contributed by atoms with Crippen molar-refractivity contribution in [2.24, 2.45) is 11.7 Å². The number of hydrogen-bond donors (Lipinski definition) is 2. The molecular weight excluding hydrogens is 192 g/mol. The number of carboxylic acid groups (broad SMARTS) is 1. The lowest BCUT2D eigenvalue weighted by Crippen LogP contribution is -2.38. The molecule has 2 unspecified atom stereocenters.